The fraction of sp³-hybridized carbons (Fsp3) is 0.308. The van der Waals surface area contributed by atoms with Crippen LogP contribution >= 0.6 is 23.1 Å². The molecule has 1 N–H and O–H groups in total. The van der Waals surface area contributed by atoms with E-state index in [4.69, 9.17) is 0 Å². The van der Waals surface area contributed by atoms with Crippen molar-refractivity contribution in [2.75, 3.05) is 5.32 Å². The van der Waals surface area contributed by atoms with Gasteiger partial charge in [-0.15, -0.1) is 10.2 Å². The molecule has 2 rings (SSSR count). The number of hydrogen-bond donors (Lipinski definition) is 1. The summed E-state index contributed by atoms with van der Waals surface area (Å²) in [5.74, 6) is -0.650. The maximum absolute atomic E-state index is 12.6. The van der Waals surface area contributed by atoms with Crippen molar-refractivity contribution < 1.29 is 18.0 Å². The van der Waals surface area contributed by atoms with E-state index < -0.39 is 17.6 Å². The second-order valence-electron chi connectivity index (χ2n) is 4.57. The summed E-state index contributed by atoms with van der Waals surface area (Å²) in [6.07, 6.45) is -4.49. The number of hydrogen-bond acceptors (Lipinski definition) is 5. The lowest BCUT2D eigenvalue weighted by Crippen LogP contribution is -2.13. The number of nitrogens with one attached hydrogen (secondary N) is 1. The van der Waals surface area contributed by atoms with Crippen molar-refractivity contribution in [3.8, 4) is 0 Å². The lowest BCUT2D eigenvalue weighted by atomic mass is 10.1. The Bertz CT molecular complexity index is 671. The van der Waals surface area contributed by atoms with Crippen LogP contribution in [0.25, 0.3) is 0 Å². The van der Waals surface area contributed by atoms with Crippen molar-refractivity contribution >= 4 is 34.1 Å². The van der Waals surface area contributed by atoms with Crippen LogP contribution in [0.4, 0.5) is 18.3 Å². The quantitative estimate of drug-likeness (QED) is 0.661. The molecule has 0 bridgehead atoms. The first-order valence-electron chi connectivity index (χ1n) is 6.24. The third kappa shape index (κ3) is 4.44. The summed E-state index contributed by atoms with van der Waals surface area (Å²) < 4.78 is 38.6. The number of thioether (sulfide) groups is 1. The van der Waals surface area contributed by atoms with E-state index in [1.807, 2.05) is 13.8 Å². The SMILES string of the molecule is CC(C)Sc1nnc(NC(=O)c2cccc(C(F)(F)F)c2)s1. The molecule has 0 aliphatic heterocycles. The molecule has 9 heteroatoms. The molecule has 0 atom stereocenters. The molecule has 4 nitrogen and oxygen atoms in total. The molecular formula is C13H12F3N3OS2. The molecule has 1 aromatic carbocycles. The number of nitrogens with zero attached hydrogens (tertiary/aromatic N) is 2. The van der Waals surface area contributed by atoms with Gasteiger partial charge in [0.2, 0.25) is 5.13 Å². The summed E-state index contributed by atoms with van der Waals surface area (Å²) in [7, 11) is 0. The van der Waals surface area contributed by atoms with Gasteiger partial charge >= 0.3 is 6.18 Å². The largest absolute Gasteiger partial charge is 0.416 e. The first-order valence-corrected chi connectivity index (χ1v) is 7.94. The minimum atomic E-state index is -4.49. The van der Waals surface area contributed by atoms with Crippen LogP contribution in [0.1, 0.15) is 29.8 Å². The summed E-state index contributed by atoms with van der Waals surface area (Å²) in [6, 6.07) is 4.23. The highest BCUT2D eigenvalue weighted by atomic mass is 32.2. The molecule has 0 unspecified atom stereocenters. The number of halogens is 3. The van der Waals surface area contributed by atoms with E-state index in [1.165, 1.54) is 35.2 Å². The van der Waals surface area contributed by atoms with Crippen LogP contribution in [-0.2, 0) is 6.18 Å². The van der Waals surface area contributed by atoms with Crippen LogP contribution in [0, 0.1) is 0 Å². The molecule has 0 fully saturated rings. The minimum absolute atomic E-state index is 0.0805. The van der Waals surface area contributed by atoms with Gasteiger partial charge < -0.3 is 0 Å². The number of amides is 1. The molecule has 118 valence electrons. The standard InChI is InChI=1S/C13H12F3N3OS2/c1-7(2)21-12-19-18-11(22-12)17-10(20)8-4-3-5-9(6-8)13(14,15)16/h3-7H,1-2H3,(H,17,18,20). The van der Waals surface area contributed by atoms with Crippen molar-refractivity contribution in [1.82, 2.24) is 10.2 Å². The predicted octanol–water partition coefficient (Wildman–Crippen LogP) is 4.31. The Morgan fingerprint density at radius 2 is 2.05 bits per heavy atom. The molecule has 1 heterocycles. The van der Waals surface area contributed by atoms with Crippen molar-refractivity contribution in [2.45, 2.75) is 29.6 Å². The van der Waals surface area contributed by atoms with E-state index >= 15 is 0 Å². The average molecular weight is 347 g/mol. The van der Waals surface area contributed by atoms with E-state index in [2.05, 4.69) is 15.5 Å². The van der Waals surface area contributed by atoms with Crippen LogP contribution in [0.15, 0.2) is 28.6 Å². The second kappa shape index (κ2) is 6.66. The van der Waals surface area contributed by atoms with Gasteiger partial charge in [-0.2, -0.15) is 13.2 Å². The summed E-state index contributed by atoms with van der Waals surface area (Å²) in [5.41, 5.74) is -0.948. The Balaban J connectivity index is 2.11. The molecule has 2 aromatic rings. The highest BCUT2D eigenvalue weighted by Gasteiger charge is 2.30. The van der Waals surface area contributed by atoms with Crippen molar-refractivity contribution in [1.29, 1.82) is 0 Å². The maximum atomic E-state index is 12.6. The predicted molar refractivity (Wildman–Crippen MR) is 80.3 cm³/mol. The molecule has 1 aromatic heterocycles. The Morgan fingerprint density at radius 3 is 2.68 bits per heavy atom. The molecule has 22 heavy (non-hydrogen) atoms. The van der Waals surface area contributed by atoms with Gasteiger partial charge in [0.15, 0.2) is 4.34 Å². The Labute approximate surface area is 133 Å². The van der Waals surface area contributed by atoms with Crippen LogP contribution in [0.2, 0.25) is 0 Å². The number of alkyl halides is 3. The van der Waals surface area contributed by atoms with Gasteiger partial charge in [0.25, 0.3) is 5.91 Å². The Hall–Kier alpha value is -1.61. The van der Waals surface area contributed by atoms with Gasteiger partial charge in [-0.05, 0) is 18.2 Å². The third-order valence-electron chi connectivity index (χ3n) is 2.42. The second-order valence-corrected chi connectivity index (χ2v) is 7.37. The molecule has 0 spiro atoms. The third-order valence-corrected chi connectivity index (χ3v) is 4.34. The zero-order valence-corrected chi connectivity index (χ0v) is 13.3. The Kier molecular flexibility index (Phi) is 5.07. The van der Waals surface area contributed by atoms with E-state index in [9.17, 15) is 18.0 Å². The zero-order chi connectivity index (χ0) is 16.3. The highest BCUT2D eigenvalue weighted by molar-refractivity contribution is 8.01. The number of rotatable bonds is 4. The summed E-state index contributed by atoms with van der Waals surface area (Å²) in [6.45, 7) is 3.99. The van der Waals surface area contributed by atoms with Crippen LogP contribution in [0.3, 0.4) is 0 Å². The van der Waals surface area contributed by atoms with Crippen LogP contribution < -0.4 is 5.32 Å². The monoisotopic (exact) mass is 347 g/mol. The molecule has 0 saturated heterocycles. The van der Waals surface area contributed by atoms with Gasteiger partial charge in [-0.25, -0.2) is 0 Å². The van der Waals surface area contributed by atoms with Crippen molar-refractivity contribution in [3.05, 3.63) is 35.4 Å². The maximum Gasteiger partial charge on any atom is 0.416 e. The lowest BCUT2D eigenvalue weighted by Gasteiger charge is -2.08. The van der Waals surface area contributed by atoms with E-state index in [1.54, 1.807) is 0 Å². The van der Waals surface area contributed by atoms with E-state index in [0.29, 0.717) is 9.59 Å². The first kappa shape index (κ1) is 16.8. The molecule has 0 aliphatic rings. The molecule has 0 aliphatic carbocycles. The average Bonchev–Trinajstić information content (AvgIpc) is 2.84. The summed E-state index contributed by atoms with van der Waals surface area (Å²) >= 11 is 2.67. The smallest absolute Gasteiger partial charge is 0.296 e. The van der Waals surface area contributed by atoms with Crippen LogP contribution in [0.5, 0.6) is 0 Å². The molecular weight excluding hydrogens is 335 g/mol. The number of anilines is 1. The number of carbonyl (C=O) groups excluding carboxylic acids is 1. The highest BCUT2D eigenvalue weighted by Crippen LogP contribution is 2.30. The summed E-state index contributed by atoms with van der Waals surface area (Å²) in [5, 5.41) is 10.7. The number of aromatic nitrogens is 2. The zero-order valence-electron chi connectivity index (χ0n) is 11.6. The van der Waals surface area contributed by atoms with Gasteiger partial charge in [-0.3, -0.25) is 10.1 Å². The van der Waals surface area contributed by atoms with Gasteiger partial charge in [-0.1, -0.05) is 43.0 Å². The topological polar surface area (TPSA) is 54.9 Å². The first-order chi connectivity index (χ1) is 10.3. The molecule has 0 saturated carbocycles. The fourth-order valence-electron chi connectivity index (χ4n) is 1.52. The lowest BCUT2D eigenvalue weighted by molar-refractivity contribution is -0.137. The van der Waals surface area contributed by atoms with E-state index in [0.717, 1.165) is 12.1 Å². The number of carbonyl (C=O) groups is 1. The van der Waals surface area contributed by atoms with E-state index in [-0.39, 0.29) is 10.7 Å². The summed E-state index contributed by atoms with van der Waals surface area (Å²) in [4.78, 5) is 12.0. The normalized spacial score (nSPS) is 11.7. The fourth-order valence-corrected chi connectivity index (χ4v) is 3.49. The van der Waals surface area contributed by atoms with Gasteiger partial charge in [0.1, 0.15) is 0 Å². The molecule has 0 radical (unpaired) electrons. The minimum Gasteiger partial charge on any atom is -0.296 e. The van der Waals surface area contributed by atoms with Gasteiger partial charge in [0, 0.05) is 10.8 Å². The Morgan fingerprint density at radius 1 is 1.32 bits per heavy atom. The van der Waals surface area contributed by atoms with Gasteiger partial charge in [0.05, 0.1) is 5.56 Å². The molecule has 1 amide bonds. The number of benzene rings is 1. The van der Waals surface area contributed by atoms with Crippen molar-refractivity contribution in [3.63, 3.8) is 0 Å². The van der Waals surface area contributed by atoms with Crippen molar-refractivity contribution in [2.24, 2.45) is 0 Å². The van der Waals surface area contributed by atoms with Crippen LogP contribution in [-0.4, -0.2) is 21.4 Å².